The lowest BCUT2D eigenvalue weighted by atomic mass is 9.90. The molecular formula is C16H16ClN3O3. The zero-order valence-corrected chi connectivity index (χ0v) is 13.3. The van der Waals surface area contributed by atoms with E-state index >= 15 is 0 Å². The van der Waals surface area contributed by atoms with Crippen LogP contribution in [0.3, 0.4) is 0 Å². The second kappa shape index (κ2) is 5.70. The van der Waals surface area contributed by atoms with E-state index in [9.17, 15) is 14.7 Å². The Kier molecular flexibility index (Phi) is 3.85. The first-order valence-corrected chi connectivity index (χ1v) is 7.61. The Morgan fingerprint density at radius 2 is 2.13 bits per heavy atom. The fourth-order valence-electron chi connectivity index (χ4n) is 2.72. The van der Waals surface area contributed by atoms with E-state index < -0.39 is 11.4 Å². The van der Waals surface area contributed by atoms with Crippen LogP contribution in [0.25, 0.3) is 11.3 Å². The Labute approximate surface area is 138 Å². The third kappa shape index (κ3) is 2.82. The van der Waals surface area contributed by atoms with Gasteiger partial charge in [0.15, 0.2) is 0 Å². The van der Waals surface area contributed by atoms with Gasteiger partial charge in [-0.2, -0.15) is 5.10 Å². The van der Waals surface area contributed by atoms with Crippen LogP contribution in [0.4, 0.5) is 0 Å². The van der Waals surface area contributed by atoms with Gasteiger partial charge in [0.2, 0.25) is 0 Å². The van der Waals surface area contributed by atoms with E-state index in [1.165, 1.54) is 4.90 Å². The molecule has 1 unspecified atom stereocenters. The van der Waals surface area contributed by atoms with Gasteiger partial charge in [0.25, 0.3) is 5.91 Å². The molecule has 0 spiro atoms. The number of nitrogens with one attached hydrogen (secondary N) is 1. The molecule has 3 rings (SSSR count). The number of aliphatic carboxylic acids is 1. The molecule has 2 N–H and O–H groups in total. The van der Waals surface area contributed by atoms with Gasteiger partial charge in [-0.1, -0.05) is 29.8 Å². The first kappa shape index (κ1) is 15.6. The van der Waals surface area contributed by atoms with Crippen LogP contribution < -0.4 is 0 Å². The second-order valence-electron chi connectivity index (χ2n) is 5.99. The number of hydrogen-bond donors (Lipinski definition) is 2. The molecule has 0 aliphatic carbocycles. The van der Waals surface area contributed by atoms with E-state index in [0.29, 0.717) is 29.4 Å². The van der Waals surface area contributed by atoms with Crippen LogP contribution in [0, 0.1) is 5.41 Å². The molecule has 6 nitrogen and oxygen atoms in total. The molecule has 1 aliphatic rings. The Bertz CT molecular complexity index is 773. The minimum absolute atomic E-state index is 0.196. The summed E-state index contributed by atoms with van der Waals surface area (Å²) in [6.07, 6.45) is 0.444. The van der Waals surface area contributed by atoms with E-state index in [0.717, 1.165) is 5.56 Å². The molecule has 1 atom stereocenters. The minimum Gasteiger partial charge on any atom is -0.481 e. The SMILES string of the molecule is CC1(C(=O)O)CCN(C(=O)c2cc(-c3ccccc3Cl)n[nH]2)C1. The first-order valence-electron chi connectivity index (χ1n) is 7.24. The third-order valence-electron chi connectivity index (χ3n) is 4.23. The van der Waals surface area contributed by atoms with Crippen LogP contribution in [-0.2, 0) is 4.79 Å². The predicted molar refractivity (Wildman–Crippen MR) is 85.3 cm³/mol. The number of nitrogens with zero attached hydrogens (tertiary/aromatic N) is 2. The summed E-state index contributed by atoms with van der Waals surface area (Å²) >= 11 is 6.13. The zero-order valence-electron chi connectivity index (χ0n) is 12.5. The number of halogens is 1. The number of aromatic amines is 1. The summed E-state index contributed by atoms with van der Waals surface area (Å²) in [5, 5.41) is 16.7. The first-order chi connectivity index (χ1) is 10.9. The van der Waals surface area contributed by atoms with Crippen molar-refractivity contribution in [1.29, 1.82) is 0 Å². The summed E-state index contributed by atoms with van der Waals surface area (Å²) in [6, 6.07) is 8.88. The maximum Gasteiger partial charge on any atom is 0.311 e. The van der Waals surface area contributed by atoms with Gasteiger partial charge >= 0.3 is 5.97 Å². The van der Waals surface area contributed by atoms with Gasteiger partial charge in [-0.25, -0.2) is 0 Å². The molecule has 120 valence electrons. The van der Waals surface area contributed by atoms with Crippen LogP contribution >= 0.6 is 11.6 Å². The summed E-state index contributed by atoms with van der Waals surface area (Å²) in [4.78, 5) is 25.3. The Morgan fingerprint density at radius 3 is 2.78 bits per heavy atom. The molecule has 7 heteroatoms. The quantitative estimate of drug-likeness (QED) is 0.904. The van der Waals surface area contributed by atoms with Crippen molar-refractivity contribution in [2.45, 2.75) is 13.3 Å². The number of H-pyrrole nitrogens is 1. The number of carbonyl (C=O) groups is 2. The summed E-state index contributed by atoms with van der Waals surface area (Å²) in [5.74, 6) is -1.13. The lowest BCUT2D eigenvalue weighted by Crippen LogP contribution is -2.35. The van der Waals surface area contributed by atoms with Crippen molar-refractivity contribution >= 4 is 23.5 Å². The largest absolute Gasteiger partial charge is 0.481 e. The fraction of sp³-hybridized carbons (Fsp3) is 0.312. The van der Waals surface area contributed by atoms with Crippen molar-refractivity contribution < 1.29 is 14.7 Å². The topological polar surface area (TPSA) is 86.3 Å². The van der Waals surface area contributed by atoms with Gasteiger partial charge in [0.1, 0.15) is 5.69 Å². The van der Waals surface area contributed by atoms with Crippen molar-refractivity contribution in [3.8, 4) is 11.3 Å². The average Bonchev–Trinajstić information content (AvgIpc) is 3.15. The van der Waals surface area contributed by atoms with Gasteiger partial charge in [0.05, 0.1) is 16.1 Å². The molecule has 0 bridgehead atoms. The average molecular weight is 334 g/mol. The number of aromatic nitrogens is 2. The van der Waals surface area contributed by atoms with Crippen molar-refractivity contribution in [3.63, 3.8) is 0 Å². The van der Waals surface area contributed by atoms with Crippen molar-refractivity contribution in [1.82, 2.24) is 15.1 Å². The number of carboxylic acids is 1. The third-order valence-corrected chi connectivity index (χ3v) is 4.56. The number of hydrogen-bond acceptors (Lipinski definition) is 3. The lowest BCUT2D eigenvalue weighted by Gasteiger charge is -2.19. The van der Waals surface area contributed by atoms with Crippen LogP contribution in [0.5, 0.6) is 0 Å². The minimum atomic E-state index is -0.888. The summed E-state index contributed by atoms with van der Waals surface area (Å²) in [5.41, 5.74) is 0.760. The standard InChI is InChI=1S/C16H16ClN3O3/c1-16(15(22)23)6-7-20(9-16)14(21)13-8-12(18-19-13)10-4-2-3-5-11(10)17/h2-5,8H,6-7,9H2,1H3,(H,18,19)(H,22,23). The predicted octanol–water partition coefficient (Wildman–Crippen LogP) is 2.67. The van der Waals surface area contributed by atoms with E-state index in [4.69, 9.17) is 11.6 Å². The lowest BCUT2D eigenvalue weighted by molar-refractivity contribution is -0.147. The number of amides is 1. The summed E-state index contributed by atoms with van der Waals surface area (Å²) in [6.45, 7) is 2.27. The number of benzene rings is 1. The van der Waals surface area contributed by atoms with Gasteiger partial charge in [-0.15, -0.1) is 0 Å². The molecule has 0 saturated carbocycles. The van der Waals surface area contributed by atoms with Gasteiger partial charge in [0, 0.05) is 18.7 Å². The van der Waals surface area contributed by atoms with Crippen LogP contribution in [-0.4, -0.2) is 45.2 Å². The molecule has 1 amide bonds. The Hall–Kier alpha value is -2.34. The molecule has 1 aliphatic heterocycles. The number of rotatable bonds is 3. The molecule has 0 radical (unpaired) electrons. The van der Waals surface area contributed by atoms with Gasteiger partial charge < -0.3 is 10.0 Å². The van der Waals surface area contributed by atoms with Crippen LogP contribution in [0.2, 0.25) is 5.02 Å². The molecule has 1 fully saturated rings. The summed E-state index contributed by atoms with van der Waals surface area (Å²) in [7, 11) is 0. The van der Waals surface area contributed by atoms with Crippen LogP contribution in [0.1, 0.15) is 23.8 Å². The van der Waals surface area contributed by atoms with E-state index in [1.807, 2.05) is 18.2 Å². The van der Waals surface area contributed by atoms with Gasteiger partial charge in [-0.3, -0.25) is 14.7 Å². The molecule has 2 heterocycles. The monoisotopic (exact) mass is 333 g/mol. The number of carboxylic acid groups (broad SMARTS) is 1. The smallest absolute Gasteiger partial charge is 0.311 e. The highest BCUT2D eigenvalue weighted by Crippen LogP contribution is 2.31. The highest BCUT2D eigenvalue weighted by atomic mass is 35.5. The molecule has 1 aromatic heterocycles. The second-order valence-corrected chi connectivity index (χ2v) is 6.40. The molecule has 2 aromatic rings. The number of likely N-dealkylation sites (tertiary alicyclic amines) is 1. The van der Waals surface area contributed by atoms with E-state index in [2.05, 4.69) is 10.2 Å². The van der Waals surface area contributed by atoms with E-state index in [1.54, 1.807) is 19.1 Å². The zero-order chi connectivity index (χ0) is 16.6. The molecular weight excluding hydrogens is 318 g/mol. The number of carbonyl (C=O) groups excluding carboxylic acids is 1. The summed E-state index contributed by atoms with van der Waals surface area (Å²) < 4.78 is 0. The van der Waals surface area contributed by atoms with E-state index in [-0.39, 0.29) is 12.5 Å². The van der Waals surface area contributed by atoms with Gasteiger partial charge in [-0.05, 0) is 25.5 Å². The maximum atomic E-state index is 12.5. The Morgan fingerprint density at radius 1 is 1.39 bits per heavy atom. The van der Waals surface area contributed by atoms with Crippen molar-refractivity contribution in [2.75, 3.05) is 13.1 Å². The normalized spacial score (nSPS) is 20.7. The van der Waals surface area contributed by atoms with Crippen LogP contribution in [0.15, 0.2) is 30.3 Å². The maximum absolute atomic E-state index is 12.5. The molecule has 23 heavy (non-hydrogen) atoms. The van der Waals surface area contributed by atoms with Crippen molar-refractivity contribution in [3.05, 3.63) is 41.0 Å². The highest BCUT2D eigenvalue weighted by molar-refractivity contribution is 6.33. The molecule has 1 aromatic carbocycles. The Balaban J connectivity index is 1.80. The molecule has 1 saturated heterocycles. The van der Waals surface area contributed by atoms with Crippen molar-refractivity contribution in [2.24, 2.45) is 5.41 Å². The highest BCUT2D eigenvalue weighted by Gasteiger charge is 2.42. The fourth-order valence-corrected chi connectivity index (χ4v) is 2.95.